The van der Waals surface area contributed by atoms with E-state index in [0.717, 1.165) is 33.8 Å². The Bertz CT molecular complexity index is 1240. The first kappa shape index (κ1) is 33.3. The molecule has 0 heterocycles. The highest BCUT2D eigenvalue weighted by Gasteiger charge is 2.38. The Morgan fingerprint density at radius 2 is 0.837 bits per heavy atom. The van der Waals surface area contributed by atoms with Crippen LogP contribution in [0.4, 0.5) is 0 Å². The Morgan fingerprint density at radius 3 is 1.26 bits per heavy atom. The minimum absolute atomic E-state index is 0.163. The summed E-state index contributed by atoms with van der Waals surface area (Å²) in [5.41, 5.74) is 4.49. The normalized spacial score (nSPS) is 13.6. The Balaban J connectivity index is 1.64. The van der Waals surface area contributed by atoms with Crippen LogP contribution in [0.1, 0.15) is 36.1 Å². The quantitative estimate of drug-likeness (QED) is 0.0924. The molecule has 228 valence electrons. The number of benzene rings is 4. The van der Waals surface area contributed by atoms with Crippen molar-refractivity contribution in [3.63, 3.8) is 0 Å². The molecule has 43 heavy (non-hydrogen) atoms. The Hall–Kier alpha value is -2.58. The molecule has 4 nitrogen and oxygen atoms in total. The molecule has 0 aliphatic rings. The lowest BCUT2D eigenvalue weighted by Gasteiger charge is -2.37. The summed E-state index contributed by atoms with van der Waals surface area (Å²) in [5, 5.41) is 0. The highest BCUT2D eigenvalue weighted by atomic mass is 32.2. The fraction of sp³-hybridized carbons (Fsp3) is 0.351. The minimum Gasteiger partial charge on any atom is -0.374 e. The Labute approximate surface area is 266 Å². The van der Waals surface area contributed by atoms with Gasteiger partial charge in [0, 0.05) is 0 Å². The average molecular weight is 617 g/mol. The summed E-state index contributed by atoms with van der Waals surface area (Å²) in [6, 6.07) is 41.2. The van der Waals surface area contributed by atoms with E-state index in [9.17, 15) is 0 Å². The number of rotatable bonds is 20. The molecule has 0 aromatic heterocycles. The van der Waals surface area contributed by atoms with E-state index in [1.54, 1.807) is 0 Å². The first-order valence-corrected chi connectivity index (χ1v) is 17.2. The monoisotopic (exact) mass is 616 g/mol. The lowest BCUT2D eigenvalue weighted by molar-refractivity contribution is -0.164. The summed E-state index contributed by atoms with van der Waals surface area (Å²) in [7, 11) is 0. The number of ether oxygens (including phenoxy) is 4. The van der Waals surface area contributed by atoms with Gasteiger partial charge in [-0.05, 0) is 33.8 Å². The van der Waals surface area contributed by atoms with Crippen molar-refractivity contribution in [1.29, 1.82) is 0 Å². The third kappa shape index (κ3) is 11.8. The highest BCUT2D eigenvalue weighted by Crippen LogP contribution is 2.34. The van der Waals surface area contributed by atoms with Crippen LogP contribution in [0.25, 0.3) is 0 Å². The molecule has 0 saturated carbocycles. The van der Waals surface area contributed by atoms with E-state index >= 15 is 0 Å². The summed E-state index contributed by atoms with van der Waals surface area (Å²) in [4.78, 5) is 0. The van der Waals surface area contributed by atoms with Crippen LogP contribution < -0.4 is 0 Å². The van der Waals surface area contributed by atoms with Gasteiger partial charge in [-0.2, -0.15) is 0 Å². The molecule has 0 unspecified atom stereocenters. The maximum Gasteiger partial charge on any atom is 0.114 e. The van der Waals surface area contributed by atoms with E-state index in [2.05, 4.69) is 74.5 Å². The van der Waals surface area contributed by atoms with Gasteiger partial charge in [0.25, 0.3) is 0 Å². The van der Waals surface area contributed by atoms with Gasteiger partial charge in [0.2, 0.25) is 0 Å². The van der Waals surface area contributed by atoms with Gasteiger partial charge in [0.05, 0.1) is 37.6 Å². The fourth-order valence-electron chi connectivity index (χ4n) is 4.72. The lowest BCUT2D eigenvalue weighted by atomic mass is 10.1. The maximum atomic E-state index is 6.85. The van der Waals surface area contributed by atoms with Gasteiger partial charge < -0.3 is 18.9 Å². The largest absolute Gasteiger partial charge is 0.374 e. The molecule has 0 radical (unpaired) electrons. The molecule has 0 amide bonds. The molecular formula is C37H44O4S2. The van der Waals surface area contributed by atoms with Gasteiger partial charge in [-0.15, -0.1) is 23.5 Å². The second kappa shape index (κ2) is 19.6. The van der Waals surface area contributed by atoms with Crippen LogP contribution in [0.2, 0.25) is 0 Å². The molecule has 4 rings (SSSR count). The first-order chi connectivity index (χ1) is 21.3. The third-order valence-corrected chi connectivity index (χ3v) is 9.57. The van der Waals surface area contributed by atoms with E-state index in [0.29, 0.717) is 33.0 Å². The van der Waals surface area contributed by atoms with Gasteiger partial charge in [0.1, 0.15) is 18.3 Å². The summed E-state index contributed by atoms with van der Waals surface area (Å²) in [6.45, 7) is 6.71. The molecule has 0 aliphatic heterocycles. The van der Waals surface area contributed by atoms with Crippen LogP contribution in [-0.2, 0) is 45.4 Å². The molecule has 0 spiro atoms. The predicted octanol–water partition coefficient (Wildman–Crippen LogP) is 8.79. The topological polar surface area (TPSA) is 36.9 Å². The zero-order chi connectivity index (χ0) is 30.0. The van der Waals surface area contributed by atoms with Crippen LogP contribution >= 0.6 is 23.5 Å². The van der Waals surface area contributed by atoms with Crippen molar-refractivity contribution in [2.24, 2.45) is 0 Å². The van der Waals surface area contributed by atoms with Gasteiger partial charge in [0.15, 0.2) is 0 Å². The summed E-state index contributed by atoms with van der Waals surface area (Å²) in [6.07, 6.45) is -0.961. The smallest absolute Gasteiger partial charge is 0.114 e. The van der Waals surface area contributed by atoms with Crippen molar-refractivity contribution in [2.75, 3.05) is 18.1 Å². The highest BCUT2D eigenvalue weighted by molar-refractivity contribution is 8.17. The van der Waals surface area contributed by atoms with Crippen molar-refractivity contribution in [2.45, 2.75) is 63.2 Å². The van der Waals surface area contributed by atoms with Gasteiger partial charge in [-0.3, -0.25) is 0 Å². The van der Waals surface area contributed by atoms with Crippen molar-refractivity contribution < 1.29 is 18.9 Å². The summed E-state index contributed by atoms with van der Waals surface area (Å²) < 4.78 is 26.9. The molecule has 4 aromatic rings. The van der Waals surface area contributed by atoms with Crippen molar-refractivity contribution in [1.82, 2.24) is 0 Å². The van der Waals surface area contributed by atoms with E-state index in [4.69, 9.17) is 18.9 Å². The molecule has 3 atom stereocenters. The Kier molecular flexibility index (Phi) is 15.2. The second-order valence-electron chi connectivity index (χ2n) is 10.1. The van der Waals surface area contributed by atoms with Crippen LogP contribution in [-0.4, -0.2) is 41.0 Å². The lowest BCUT2D eigenvalue weighted by Crippen LogP contribution is -2.48. The minimum atomic E-state index is -0.369. The van der Waals surface area contributed by atoms with Crippen molar-refractivity contribution in [3.8, 4) is 0 Å². The molecular weight excluding hydrogens is 573 g/mol. The standard InChI is InChI=1S/C37H44O4S2/c1-3-42-37(43-4-2)36(41-28-33-23-15-8-16-24-33)35(40-27-32-21-13-7-14-22-32)34(39-26-31-19-11-6-12-20-31)29-38-25-30-17-9-5-10-18-30/h5-24,34-37H,3-4,25-29H2,1-2H3/t34-,35-,36+/m0/s1. The molecule has 0 saturated heterocycles. The van der Waals surface area contributed by atoms with Gasteiger partial charge in [-0.25, -0.2) is 0 Å². The zero-order valence-electron chi connectivity index (χ0n) is 25.3. The average Bonchev–Trinajstić information content (AvgIpc) is 3.06. The third-order valence-electron chi connectivity index (χ3n) is 6.89. The van der Waals surface area contributed by atoms with Crippen LogP contribution in [0.15, 0.2) is 121 Å². The first-order valence-electron chi connectivity index (χ1n) is 15.1. The number of hydrogen-bond donors (Lipinski definition) is 0. The molecule has 0 aliphatic carbocycles. The van der Waals surface area contributed by atoms with Crippen molar-refractivity contribution in [3.05, 3.63) is 144 Å². The number of hydrogen-bond acceptors (Lipinski definition) is 6. The van der Waals surface area contributed by atoms with Crippen molar-refractivity contribution >= 4 is 23.5 Å². The predicted molar refractivity (Wildman–Crippen MR) is 181 cm³/mol. The SMILES string of the molecule is CCSC(SCC)[C@H](OCc1ccccc1)[C@@H](OCc1ccccc1)[C@H](COCc1ccccc1)OCc1ccccc1. The van der Waals surface area contributed by atoms with Gasteiger partial charge in [-0.1, -0.05) is 135 Å². The van der Waals surface area contributed by atoms with E-state index in [1.165, 1.54) is 0 Å². The summed E-state index contributed by atoms with van der Waals surface area (Å²) in [5.74, 6) is 1.96. The fourth-order valence-corrected chi connectivity index (χ4v) is 7.43. The second-order valence-corrected chi connectivity index (χ2v) is 13.3. The van der Waals surface area contributed by atoms with Crippen LogP contribution in [0, 0.1) is 0 Å². The molecule has 4 aromatic carbocycles. The van der Waals surface area contributed by atoms with Gasteiger partial charge >= 0.3 is 0 Å². The Morgan fingerprint density at radius 1 is 0.465 bits per heavy atom. The number of thioether (sulfide) groups is 2. The van der Waals surface area contributed by atoms with Crippen LogP contribution in [0.3, 0.4) is 0 Å². The maximum absolute atomic E-state index is 6.85. The molecule has 6 heteroatoms. The van der Waals surface area contributed by atoms with E-state index in [-0.39, 0.29) is 22.9 Å². The van der Waals surface area contributed by atoms with E-state index in [1.807, 2.05) is 84.2 Å². The zero-order valence-corrected chi connectivity index (χ0v) is 26.9. The molecule has 0 bridgehead atoms. The molecule has 0 fully saturated rings. The molecule has 0 N–H and O–H groups in total. The van der Waals surface area contributed by atoms with E-state index < -0.39 is 0 Å². The summed E-state index contributed by atoms with van der Waals surface area (Å²) >= 11 is 3.82. The van der Waals surface area contributed by atoms with Crippen LogP contribution in [0.5, 0.6) is 0 Å².